The third-order valence-electron chi connectivity index (χ3n) is 3.29. The number of carbonyl (C=O) groups excluding carboxylic acids is 1. The second-order valence-corrected chi connectivity index (χ2v) is 6.01. The van der Waals surface area contributed by atoms with Gasteiger partial charge in [0.15, 0.2) is 0 Å². The molecule has 1 saturated heterocycles. The molecule has 0 spiro atoms. The number of aryl methyl sites for hydroxylation is 2. The van der Waals surface area contributed by atoms with Crippen molar-refractivity contribution in [2.24, 2.45) is 0 Å². The average Bonchev–Trinajstić information content (AvgIpc) is 2.85. The molecule has 1 aliphatic rings. The van der Waals surface area contributed by atoms with Crippen molar-refractivity contribution in [3.63, 3.8) is 0 Å². The maximum atomic E-state index is 12.5. The summed E-state index contributed by atoms with van der Waals surface area (Å²) in [7, 11) is 1.68. The van der Waals surface area contributed by atoms with Gasteiger partial charge in [0.25, 0.3) is 0 Å². The van der Waals surface area contributed by atoms with E-state index in [1.54, 1.807) is 7.05 Å². The molecule has 1 aromatic carbocycles. The molecule has 0 aromatic heterocycles. The van der Waals surface area contributed by atoms with Gasteiger partial charge in [0.1, 0.15) is 6.04 Å². The molecule has 1 heterocycles. The third-order valence-corrected chi connectivity index (χ3v) is 4.31. The Morgan fingerprint density at radius 2 is 1.90 bits per heavy atom. The van der Waals surface area contributed by atoms with Crippen LogP contribution in [-0.2, 0) is 4.79 Å². The van der Waals surface area contributed by atoms with Crippen LogP contribution in [0, 0.1) is 13.8 Å². The summed E-state index contributed by atoms with van der Waals surface area (Å²) in [5.74, 6) is -0.0793. The Bertz CT molecular complexity index is 527. The number of urea groups is 1. The van der Waals surface area contributed by atoms with E-state index in [9.17, 15) is 9.59 Å². The second kappa shape index (κ2) is 5.75. The van der Waals surface area contributed by atoms with Gasteiger partial charge >= 0.3 is 12.0 Å². The maximum absolute atomic E-state index is 12.5. The lowest BCUT2D eigenvalue weighted by molar-refractivity contribution is -0.140. The fourth-order valence-corrected chi connectivity index (χ4v) is 3.42. The van der Waals surface area contributed by atoms with Crippen LogP contribution in [0.15, 0.2) is 18.2 Å². The van der Waals surface area contributed by atoms with Crippen molar-refractivity contribution in [2.75, 3.05) is 23.6 Å². The molecule has 0 radical (unpaired) electrons. The van der Waals surface area contributed by atoms with Crippen LogP contribution < -0.4 is 4.90 Å². The Morgan fingerprint density at radius 3 is 2.45 bits per heavy atom. The van der Waals surface area contributed by atoms with Gasteiger partial charge in [-0.2, -0.15) is 0 Å². The lowest BCUT2D eigenvalue weighted by atomic mass is 10.1. The zero-order valence-corrected chi connectivity index (χ0v) is 12.6. The van der Waals surface area contributed by atoms with Crippen LogP contribution in [-0.4, -0.2) is 46.7 Å². The summed E-state index contributed by atoms with van der Waals surface area (Å²) in [4.78, 5) is 26.5. The lowest BCUT2D eigenvalue weighted by Gasteiger charge is -2.27. The predicted octanol–water partition coefficient (Wildman–Crippen LogP) is 2.32. The molecule has 20 heavy (non-hydrogen) atoms. The number of anilines is 1. The smallest absolute Gasteiger partial charge is 0.327 e. The summed E-state index contributed by atoms with van der Waals surface area (Å²) in [5, 5.41) is 9.15. The molecule has 2 amide bonds. The van der Waals surface area contributed by atoms with Gasteiger partial charge in [0.2, 0.25) is 0 Å². The number of thioether (sulfide) groups is 1. The van der Waals surface area contributed by atoms with Gasteiger partial charge in [-0.15, -0.1) is 11.8 Å². The van der Waals surface area contributed by atoms with E-state index in [4.69, 9.17) is 5.11 Å². The SMILES string of the molecule is Cc1cc(C)cc(N(C)C(=O)N2CSC[C@H]2C(=O)O)c1. The van der Waals surface area contributed by atoms with Crippen LogP contribution in [0.3, 0.4) is 0 Å². The first-order valence-corrected chi connectivity index (χ1v) is 7.49. The van der Waals surface area contributed by atoms with Gasteiger partial charge in [-0.3, -0.25) is 4.90 Å². The number of aliphatic carboxylic acids is 1. The molecule has 6 heteroatoms. The Labute approximate surface area is 122 Å². The zero-order valence-electron chi connectivity index (χ0n) is 11.8. The fraction of sp³-hybridized carbons (Fsp3) is 0.429. The normalized spacial score (nSPS) is 18.1. The van der Waals surface area contributed by atoms with E-state index < -0.39 is 12.0 Å². The Kier molecular flexibility index (Phi) is 4.23. The number of benzene rings is 1. The molecule has 1 atom stereocenters. The third kappa shape index (κ3) is 2.90. The number of carboxylic acid groups (broad SMARTS) is 1. The number of rotatable bonds is 2. The quantitative estimate of drug-likeness (QED) is 0.909. The van der Waals surface area contributed by atoms with E-state index in [2.05, 4.69) is 0 Å². The van der Waals surface area contributed by atoms with Gasteiger partial charge in [-0.1, -0.05) is 6.07 Å². The highest BCUT2D eigenvalue weighted by atomic mass is 32.2. The highest BCUT2D eigenvalue weighted by Gasteiger charge is 2.36. The van der Waals surface area contributed by atoms with Gasteiger partial charge in [-0.05, 0) is 37.1 Å². The van der Waals surface area contributed by atoms with Crippen LogP contribution in [0.4, 0.5) is 10.5 Å². The number of carboxylic acids is 1. The predicted molar refractivity (Wildman–Crippen MR) is 80.3 cm³/mol. The molecule has 108 valence electrons. The van der Waals surface area contributed by atoms with E-state index in [1.807, 2.05) is 32.0 Å². The first-order chi connectivity index (χ1) is 9.40. The molecule has 1 N–H and O–H groups in total. The zero-order chi connectivity index (χ0) is 14.9. The van der Waals surface area contributed by atoms with Crippen molar-refractivity contribution >= 4 is 29.4 Å². The molecule has 1 aliphatic heterocycles. The van der Waals surface area contributed by atoms with Gasteiger partial charge in [0, 0.05) is 18.5 Å². The first kappa shape index (κ1) is 14.7. The van der Waals surface area contributed by atoms with E-state index in [1.165, 1.54) is 21.6 Å². The Balaban J connectivity index is 2.22. The van der Waals surface area contributed by atoms with Gasteiger partial charge in [-0.25, -0.2) is 9.59 Å². The van der Waals surface area contributed by atoms with Crippen LogP contribution in [0.1, 0.15) is 11.1 Å². The number of hydrogen-bond acceptors (Lipinski definition) is 3. The minimum atomic E-state index is -0.947. The van der Waals surface area contributed by atoms with Crippen molar-refractivity contribution in [3.05, 3.63) is 29.3 Å². The van der Waals surface area contributed by atoms with Crippen LogP contribution >= 0.6 is 11.8 Å². The molecule has 2 rings (SSSR count). The van der Waals surface area contributed by atoms with Crippen molar-refractivity contribution in [1.82, 2.24) is 4.90 Å². The molecule has 0 saturated carbocycles. The molecule has 0 unspecified atom stereocenters. The van der Waals surface area contributed by atoms with Crippen LogP contribution in [0.5, 0.6) is 0 Å². The van der Waals surface area contributed by atoms with Gasteiger partial charge < -0.3 is 10.0 Å². The Hall–Kier alpha value is -1.69. The first-order valence-electron chi connectivity index (χ1n) is 6.33. The molecule has 5 nitrogen and oxygen atoms in total. The summed E-state index contributed by atoms with van der Waals surface area (Å²) in [6.07, 6.45) is 0. The van der Waals surface area contributed by atoms with E-state index >= 15 is 0 Å². The molecule has 1 fully saturated rings. The fourth-order valence-electron chi connectivity index (χ4n) is 2.28. The summed E-state index contributed by atoms with van der Waals surface area (Å²) in [6.45, 7) is 3.95. The van der Waals surface area contributed by atoms with Crippen LogP contribution in [0.25, 0.3) is 0 Å². The highest BCUT2D eigenvalue weighted by molar-refractivity contribution is 7.99. The number of nitrogens with zero attached hydrogens (tertiary/aromatic N) is 2. The summed E-state index contributed by atoms with van der Waals surface area (Å²) < 4.78 is 0. The molecular formula is C14H18N2O3S. The minimum absolute atomic E-state index is 0.271. The Morgan fingerprint density at radius 1 is 1.30 bits per heavy atom. The van der Waals surface area contributed by atoms with E-state index in [-0.39, 0.29) is 6.03 Å². The number of amides is 2. The minimum Gasteiger partial charge on any atom is -0.480 e. The molecular weight excluding hydrogens is 276 g/mol. The summed E-state index contributed by atoms with van der Waals surface area (Å²) >= 11 is 1.46. The topological polar surface area (TPSA) is 60.9 Å². The highest BCUT2D eigenvalue weighted by Crippen LogP contribution is 2.25. The molecule has 0 bridgehead atoms. The van der Waals surface area contributed by atoms with Crippen LogP contribution in [0.2, 0.25) is 0 Å². The molecule has 0 aliphatic carbocycles. The van der Waals surface area contributed by atoms with E-state index in [0.29, 0.717) is 11.6 Å². The van der Waals surface area contributed by atoms with Crippen molar-refractivity contribution in [3.8, 4) is 0 Å². The lowest BCUT2D eigenvalue weighted by Crippen LogP contribution is -2.47. The van der Waals surface area contributed by atoms with Crippen molar-refractivity contribution in [1.29, 1.82) is 0 Å². The summed E-state index contributed by atoms with van der Waals surface area (Å²) in [5.41, 5.74) is 2.93. The maximum Gasteiger partial charge on any atom is 0.327 e. The summed E-state index contributed by atoms with van der Waals surface area (Å²) in [6, 6.07) is 4.87. The molecule has 1 aromatic rings. The standard InChI is InChI=1S/C14H18N2O3S/c1-9-4-10(2)6-11(5-9)15(3)14(19)16-8-20-7-12(16)13(17)18/h4-6,12H,7-8H2,1-3H3,(H,17,18)/t12-/m0/s1. The second-order valence-electron chi connectivity index (χ2n) is 5.01. The largest absolute Gasteiger partial charge is 0.480 e. The number of hydrogen-bond donors (Lipinski definition) is 1. The van der Waals surface area contributed by atoms with Crippen molar-refractivity contribution in [2.45, 2.75) is 19.9 Å². The monoisotopic (exact) mass is 294 g/mol. The van der Waals surface area contributed by atoms with Gasteiger partial charge in [0.05, 0.1) is 5.88 Å². The van der Waals surface area contributed by atoms with E-state index in [0.717, 1.165) is 16.8 Å². The van der Waals surface area contributed by atoms with Crippen molar-refractivity contribution < 1.29 is 14.7 Å². The average molecular weight is 294 g/mol. The number of carbonyl (C=O) groups is 2.